The standard InChI is InChI=1S/C10H9FN2O2/c11-9-3-7(4-12)1-2-8(9)5-13-6-10(14)15/h1-3,13H,5-6H2,(H,14,15). The molecule has 0 saturated carbocycles. The van der Waals surface area contributed by atoms with Gasteiger partial charge in [0.1, 0.15) is 5.82 Å². The number of carbonyl (C=O) groups is 1. The van der Waals surface area contributed by atoms with Crippen molar-refractivity contribution in [3.63, 3.8) is 0 Å². The summed E-state index contributed by atoms with van der Waals surface area (Å²) in [7, 11) is 0. The van der Waals surface area contributed by atoms with Gasteiger partial charge in [0, 0.05) is 12.1 Å². The van der Waals surface area contributed by atoms with Crippen molar-refractivity contribution < 1.29 is 14.3 Å². The fourth-order valence-electron chi connectivity index (χ4n) is 1.06. The molecule has 0 saturated heterocycles. The van der Waals surface area contributed by atoms with Crippen LogP contribution in [0.2, 0.25) is 0 Å². The van der Waals surface area contributed by atoms with Crippen LogP contribution in [0, 0.1) is 17.1 Å². The van der Waals surface area contributed by atoms with Crippen LogP contribution in [0.4, 0.5) is 4.39 Å². The molecule has 0 aliphatic heterocycles. The number of nitrogens with zero attached hydrogens (tertiary/aromatic N) is 1. The van der Waals surface area contributed by atoms with E-state index in [0.29, 0.717) is 5.56 Å². The molecule has 0 amide bonds. The minimum atomic E-state index is -0.996. The van der Waals surface area contributed by atoms with Crippen LogP contribution in [0.5, 0.6) is 0 Å². The van der Waals surface area contributed by atoms with Crippen molar-refractivity contribution in [2.45, 2.75) is 6.54 Å². The predicted molar refractivity (Wildman–Crippen MR) is 50.5 cm³/mol. The number of halogens is 1. The van der Waals surface area contributed by atoms with E-state index in [-0.39, 0.29) is 18.7 Å². The third kappa shape index (κ3) is 3.37. The SMILES string of the molecule is N#Cc1ccc(CNCC(=O)O)c(F)c1. The van der Waals surface area contributed by atoms with Gasteiger partial charge in [-0.1, -0.05) is 6.07 Å². The van der Waals surface area contributed by atoms with Gasteiger partial charge in [0.25, 0.3) is 0 Å². The molecule has 1 aromatic carbocycles. The molecule has 1 aromatic rings. The van der Waals surface area contributed by atoms with Gasteiger partial charge in [0.15, 0.2) is 0 Å². The smallest absolute Gasteiger partial charge is 0.317 e. The first-order valence-corrected chi connectivity index (χ1v) is 4.24. The zero-order chi connectivity index (χ0) is 11.3. The molecule has 0 aliphatic carbocycles. The van der Waals surface area contributed by atoms with Gasteiger partial charge in [-0.3, -0.25) is 4.79 Å². The Kier molecular flexibility index (Phi) is 3.77. The maximum absolute atomic E-state index is 13.2. The Morgan fingerprint density at radius 2 is 2.33 bits per heavy atom. The van der Waals surface area contributed by atoms with Crippen LogP contribution < -0.4 is 5.32 Å². The summed E-state index contributed by atoms with van der Waals surface area (Å²) >= 11 is 0. The van der Waals surface area contributed by atoms with Gasteiger partial charge in [-0.15, -0.1) is 0 Å². The molecule has 0 fully saturated rings. The molecule has 78 valence electrons. The largest absolute Gasteiger partial charge is 0.480 e. The number of nitrogens with one attached hydrogen (secondary N) is 1. The molecule has 0 radical (unpaired) electrons. The molecule has 2 N–H and O–H groups in total. The molecule has 1 rings (SSSR count). The summed E-state index contributed by atoms with van der Waals surface area (Å²) in [6, 6.07) is 5.89. The molecule has 0 atom stereocenters. The van der Waals surface area contributed by atoms with Gasteiger partial charge in [-0.25, -0.2) is 4.39 Å². The predicted octanol–water partition coefficient (Wildman–Crippen LogP) is 0.872. The van der Waals surface area contributed by atoms with E-state index in [0.717, 1.165) is 6.07 Å². The quantitative estimate of drug-likeness (QED) is 0.770. The minimum Gasteiger partial charge on any atom is -0.480 e. The lowest BCUT2D eigenvalue weighted by Gasteiger charge is -2.03. The number of aliphatic carboxylic acids is 1. The molecule has 15 heavy (non-hydrogen) atoms. The monoisotopic (exact) mass is 208 g/mol. The van der Waals surface area contributed by atoms with Crippen molar-refractivity contribution in [3.8, 4) is 6.07 Å². The van der Waals surface area contributed by atoms with Crippen molar-refractivity contribution in [3.05, 3.63) is 35.1 Å². The Hall–Kier alpha value is -1.93. The van der Waals surface area contributed by atoms with Gasteiger partial charge < -0.3 is 10.4 Å². The Labute approximate surface area is 86.0 Å². The van der Waals surface area contributed by atoms with E-state index in [2.05, 4.69) is 5.32 Å². The lowest BCUT2D eigenvalue weighted by Crippen LogP contribution is -2.22. The first-order valence-electron chi connectivity index (χ1n) is 4.24. The van der Waals surface area contributed by atoms with Crippen LogP contribution in [0.1, 0.15) is 11.1 Å². The number of benzene rings is 1. The summed E-state index contributed by atoms with van der Waals surface area (Å²) in [5, 5.41) is 19.4. The van der Waals surface area contributed by atoms with Gasteiger partial charge in [-0.05, 0) is 12.1 Å². The minimum absolute atomic E-state index is 0.129. The van der Waals surface area contributed by atoms with Crippen molar-refractivity contribution in [1.29, 1.82) is 5.26 Å². The van der Waals surface area contributed by atoms with Gasteiger partial charge in [0.05, 0.1) is 18.2 Å². The molecular weight excluding hydrogens is 199 g/mol. The van der Waals surface area contributed by atoms with Crippen LogP contribution in [0.15, 0.2) is 18.2 Å². The zero-order valence-electron chi connectivity index (χ0n) is 7.83. The molecule has 0 aliphatic rings. The molecule has 4 nitrogen and oxygen atoms in total. The van der Waals surface area contributed by atoms with E-state index in [9.17, 15) is 9.18 Å². The van der Waals surface area contributed by atoms with Gasteiger partial charge >= 0.3 is 5.97 Å². The molecule has 0 aromatic heterocycles. The Bertz CT molecular complexity index is 412. The molecular formula is C10H9FN2O2. The van der Waals surface area contributed by atoms with Crippen molar-refractivity contribution in [2.24, 2.45) is 0 Å². The third-order valence-electron chi connectivity index (χ3n) is 1.77. The normalized spacial score (nSPS) is 9.60. The molecule has 0 unspecified atom stereocenters. The Morgan fingerprint density at radius 3 is 2.87 bits per heavy atom. The topological polar surface area (TPSA) is 73.1 Å². The molecule has 0 bridgehead atoms. The summed E-state index contributed by atoms with van der Waals surface area (Å²) in [6.45, 7) is -0.0940. The number of hydrogen-bond donors (Lipinski definition) is 2. The van der Waals surface area contributed by atoms with Crippen LogP contribution in [-0.4, -0.2) is 17.6 Å². The van der Waals surface area contributed by atoms with Crippen LogP contribution in [0.25, 0.3) is 0 Å². The fraction of sp³-hybridized carbons (Fsp3) is 0.200. The maximum atomic E-state index is 13.2. The number of hydrogen-bond acceptors (Lipinski definition) is 3. The van der Waals surface area contributed by atoms with Crippen molar-refractivity contribution in [2.75, 3.05) is 6.54 Å². The van der Waals surface area contributed by atoms with Crippen LogP contribution >= 0.6 is 0 Å². The van der Waals surface area contributed by atoms with E-state index < -0.39 is 11.8 Å². The van der Waals surface area contributed by atoms with Crippen molar-refractivity contribution >= 4 is 5.97 Å². The highest BCUT2D eigenvalue weighted by Gasteiger charge is 2.03. The summed E-state index contributed by atoms with van der Waals surface area (Å²) in [4.78, 5) is 10.2. The summed E-state index contributed by atoms with van der Waals surface area (Å²) in [5.74, 6) is -1.50. The summed E-state index contributed by atoms with van der Waals surface area (Å²) in [6.07, 6.45) is 0. The molecule has 0 heterocycles. The molecule has 5 heteroatoms. The van der Waals surface area contributed by atoms with Crippen LogP contribution in [0.3, 0.4) is 0 Å². The first kappa shape index (κ1) is 11.1. The Morgan fingerprint density at radius 1 is 1.60 bits per heavy atom. The summed E-state index contributed by atoms with van der Waals surface area (Å²) in [5.41, 5.74) is 0.588. The lowest BCUT2D eigenvalue weighted by molar-refractivity contribution is -0.136. The maximum Gasteiger partial charge on any atom is 0.317 e. The van der Waals surface area contributed by atoms with E-state index in [1.165, 1.54) is 12.1 Å². The highest BCUT2D eigenvalue weighted by molar-refractivity contribution is 5.68. The highest BCUT2D eigenvalue weighted by Crippen LogP contribution is 2.09. The summed E-state index contributed by atoms with van der Waals surface area (Å²) < 4.78 is 13.2. The number of nitriles is 1. The lowest BCUT2D eigenvalue weighted by atomic mass is 10.1. The molecule has 0 spiro atoms. The van der Waals surface area contributed by atoms with Gasteiger partial charge in [-0.2, -0.15) is 5.26 Å². The van der Waals surface area contributed by atoms with E-state index in [1.807, 2.05) is 6.07 Å². The number of carboxylic acids is 1. The van der Waals surface area contributed by atoms with E-state index >= 15 is 0 Å². The third-order valence-corrected chi connectivity index (χ3v) is 1.77. The van der Waals surface area contributed by atoms with Gasteiger partial charge in [0.2, 0.25) is 0 Å². The second-order valence-corrected chi connectivity index (χ2v) is 2.92. The van der Waals surface area contributed by atoms with E-state index in [1.54, 1.807) is 0 Å². The fourth-order valence-corrected chi connectivity index (χ4v) is 1.06. The van der Waals surface area contributed by atoms with Crippen LogP contribution in [-0.2, 0) is 11.3 Å². The zero-order valence-corrected chi connectivity index (χ0v) is 7.83. The average molecular weight is 208 g/mol. The average Bonchev–Trinajstić information content (AvgIpc) is 2.20. The number of carboxylic acid groups (broad SMARTS) is 1. The van der Waals surface area contributed by atoms with Crippen molar-refractivity contribution in [1.82, 2.24) is 5.32 Å². The first-order chi connectivity index (χ1) is 7.13. The number of rotatable bonds is 4. The second kappa shape index (κ2) is 5.08. The second-order valence-electron chi connectivity index (χ2n) is 2.92. The van der Waals surface area contributed by atoms with E-state index in [4.69, 9.17) is 10.4 Å². The highest BCUT2D eigenvalue weighted by atomic mass is 19.1. The Balaban J connectivity index is 2.63.